The van der Waals surface area contributed by atoms with Crippen LogP contribution >= 0.6 is 0 Å². The molecule has 2 N–H and O–H groups in total. The van der Waals surface area contributed by atoms with Gasteiger partial charge in [-0.05, 0) is 26.3 Å². The second kappa shape index (κ2) is 8.31. The third kappa shape index (κ3) is 5.21. The summed E-state index contributed by atoms with van der Waals surface area (Å²) in [6, 6.07) is 1.77. The van der Waals surface area contributed by atoms with E-state index in [9.17, 15) is 4.79 Å². The van der Waals surface area contributed by atoms with Crippen LogP contribution in [0.1, 0.15) is 27.2 Å². The highest BCUT2D eigenvalue weighted by Crippen LogP contribution is 2.19. The fourth-order valence-electron chi connectivity index (χ4n) is 2.84. The number of hydrogen-bond donors (Lipinski definition) is 2. The number of nitrogens with zero attached hydrogens (tertiary/aromatic N) is 3. The fourth-order valence-corrected chi connectivity index (χ4v) is 2.84. The third-order valence-electron chi connectivity index (χ3n) is 4.56. The maximum atomic E-state index is 12.1. The van der Waals surface area contributed by atoms with E-state index in [1.54, 1.807) is 6.20 Å². The molecular formula is C16H29N5O2. The van der Waals surface area contributed by atoms with Crippen molar-refractivity contribution in [2.75, 3.05) is 32.8 Å². The average molecular weight is 323 g/mol. The lowest BCUT2D eigenvalue weighted by molar-refractivity contribution is -0.0165. The Morgan fingerprint density at radius 1 is 1.43 bits per heavy atom. The van der Waals surface area contributed by atoms with Gasteiger partial charge in [0, 0.05) is 43.6 Å². The van der Waals surface area contributed by atoms with Gasteiger partial charge in [0.1, 0.15) is 0 Å². The van der Waals surface area contributed by atoms with Crippen LogP contribution < -0.4 is 10.6 Å². The molecule has 23 heavy (non-hydrogen) atoms. The van der Waals surface area contributed by atoms with E-state index in [4.69, 9.17) is 4.74 Å². The van der Waals surface area contributed by atoms with E-state index >= 15 is 0 Å². The molecule has 0 aliphatic carbocycles. The summed E-state index contributed by atoms with van der Waals surface area (Å²) in [4.78, 5) is 14.5. The molecular weight excluding hydrogens is 294 g/mol. The zero-order valence-electron chi connectivity index (χ0n) is 14.4. The summed E-state index contributed by atoms with van der Waals surface area (Å²) in [7, 11) is 0. The van der Waals surface area contributed by atoms with Gasteiger partial charge in [-0.3, -0.25) is 9.58 Å². The van der Waals surface area contributed by atoms with Crippen LogP contribution in [0.4, 0.5) is 4.79 Å². The van der Waals surface area contributed by atoms with Crippen molar-refractivity contribution in [1.82, 2.24) is 25.3 Å². The molecule has 1 saturated heterocycles. The number of rotatable bonds is 7. The first-order valence-corrected chi connectivity index (χ1v) is 8.38. The lowest BCUT2D eigenvalue weighted by Crippen LogP contribution is -2.58. The van der Waals surface area contributed by atoms with Crippen LogP contribution in [0.25, 0.3) is 0 Å². The van der Waals surface area contributed by atoms with E-state index in [0.29, 0.717) is 13.1 Å². The minimum absolute atomic E-state index is 0.0196. The number of carbonyl (C=O) groups is 1. The summed E-state index contributed by atoms with van der Waals surface area (Å²) >= 11 is 0. The molecule has 1 aliphatic heterocycles. The number of amides is 2. The fraction of sp³-hybridized carbons (Fsp3) is 0.750. The Bertz CT molecular complexity index is 473. The van der Waals surface area contributed by atoms with Crippen molar-refractivity contribution in [3.8, 4) is 0 Å². The van der Waals surface area contributed by atoms with Crippen molar-refractivity contribution in [3.63, 3.8) is 0 Å². The maximum absolute atomic E-state index is 12.1. The van der Waals surface area contributed by atoms with Crippen molar-refractivity contribution in [3.05, 3.63) is 18.5 Å². The first-order chi connectivity index (χ1) is 11.0. The van der Waals surface area contributed by atoms with Crippen molar-refractivity contribution in [1.29, 1.82) is 0 Å². The summed E-state index contributed by atoms with van der Waals surface area (Å²) in [5.41, 5.74) is -0.0354. The molecule has 2 amide bonds. The Hall–Kier alpha value is -1.60. The summed E-state index contributed by atoms with van der Waals surface area (Å²) in [6.45, 7) is 11.0. The lowest BCUT2D eigenvalue weighted by Gasteiger charge is -2.43. The summed E-state index contributed by atoms with van der Waals surface area (Å²) < 4.78 is 7.23. The predicted molar refractivity (Wildman–Crippen MR) is 89.3 cm³/mol. The van der Waals surface area contributed by atoms with Crippen LogP contribution in [-0.4, -0.2) is 65.1 Å². The number of aromatic nitrogens is 2. The highest BCUT2D eigenvalue weighted by atomic mass is 16.5. The van der Waals surface area contributed by atoms with Gasteiger partial charge in [0.2, 0.25) is 0 Å². The number of carbonyl (C=O) groups excluding carboxylic acids is 1. The number of morpholine rings is 1. The minimum Gasteiger partial charge on any atom is -0.379 e. The average Bonchev–Trinajstić information content (AvgIpc) is 3.06. The Kier molecular flexibility index (Phi) is 6.41. The second-order valence-corrected chi connectivity index (χ2v) is 6.41. The van der Waals surface area contributed by atoms with E-state index in [1.807, 2.05) is 23.9 Å². The standard InChI is InChI=1S/C16H29N5O2/c1-4-16(3,20-8-10-23-11-9-20)13-17-15(22)19-14(2)12-21-7-5-6-18-21/h5-7,14H,4,8-13H2,1-3H3,(H2,17,19,22)/t14-,16-/m1/s1. The van der Waals surface area contributed by atoms with E-state index < -0.39 is 0 Å². The van der Waals surface area contributed by atoms with Gasteiger partial charge in [0.05, 0.1) is 19.8 Å². The van der Waals surface area contributed by atoms with Gasteiger partial charge in [0.15, 0.2) is 0 Å². The molecule has 2 heterocycles. The van der Waals surface area contributed by atoms with Gasteiger partial charge >= 0.3 is 6.03 Å². The molecule has 0 radical (unpaired) electrons. The van der Waals surface area contributed by atoms with Crippen LogP contribution in [0.2, 0.25) is 0 Å². The summed E-state index contributed by atoms with van der Waals surface area (Å²) in [5.74, 6) is 0. The number of nitrogens with one attached hydrogen (secondary N) is 2. The third-order valence-corrected chi connectivity index (χ3v) is 4.56. The van der Waals surface area contributed by atoms with E-state index in [2.05, 4.69) is 34.5 Å². The zero-order valence-corrected chi connectivity index (χ0v) is 14.4. The predicted octanol–water partition coefficient (Wildman–Crippen LogP) is 1.07. The quantitative estimate of drug-likeness (QED) is 0.787. The van der Waals surface area contributed by atoms with Crippen LogP contribution in [0.3, 0.4) is 0 Å². The normalized spacial score (nSPS) is 19.8. The number of hydrogen-bond acceptors (Lipinski definition) is 4. The van der Waals surface area contributed by atoms with Gasteiger partial charge < -0.3 is 15.4 Å². The SMILES string of the molecule is CC[C@](C)(CNC(=O)N[C@H](C)Cn1cccn1)N1CCOCC1. The molecule has 0 aromatic carbocycles. The molecule has 1 aromatic heterocycles. The molecule has 2 atom stereocenters. The number of ether oxygens (including phenoxy) is 1. The van der Waals surface area contributed by atoms with Crippen LogP contribution in [-0.2, 0) is 11.3 Å². The molecule has 0 unspecified atom stereocenters. The topological polar surface area (TPSA) is 71.4 Å². The molecule has 1 fully saturated rings. The van der Waals surface area contributed by atoms with Gasteiger partial charge in [0.25, 0.3) is 0 Å². The van der Waals surface area contributed by atoms with Crippen LogP contribution in [0.5, 0.6) is 0 Å². The Morgan fingerprint density at radius 3 is 2.78 bits per heavy atom. The Labute approximate surface area is 138 Å². The lowest BCUT2D eigenvalue weighted by atomic mass is 9.95. The molecule has 0 spiro atoms. The minimum atomic E-state index is -0.127. The highest BCUT2D eigenvalue weighted by Gasteiger charge is 2.31. The molecule has 7 nitrogen and oxygen atoms in total. The molecule has 7 heteroatoms. The van der Waals surface area contributed by atoms with E-state index in [-0.39, 0.29) is 17.6 Å². The van der Waals surface area contributed by atoms with Gasteiger partial charge in [-0.1, -0.05) is 6.92 Å². The largest absolute Gasteiger partial charge is 0.379 e. The monoisotopic (exact) mass is 323 g/mol. The Balaban J connectivity index is 1.77. The van der Waals surface area contributed by atoms with Crippen molar-refractivity contribution >= 4 is 6.03 Å². The van der Waals surface area contributed by atoms with E-state index in [1.165, 1.54) is 0 Å². The van der Waals surface area contributed by atoms with Gasteiger partial charge in [-0.25, -0.2) is 4.79 Å². The second-order valence-electron chi connectivity index (χ2n) is 6.41. The zero-order chi connectivity index (χ0) is 16.7. The van der Waals surface area contributed by atoms with Crippen molar-refractivity contribution < 1.29 is 9.53 Å². The first-order valence-electron chi connectivity index (χ1n) is 8.38. The molecule has 130 valence electrons. The van der Waals surface area contributed by atoms with Gasteiger partial charge in [-0.15, -0.1) is 0 Å². The number of urea groups is 1. The summed E-state index contributed by atoms with van der Waals surface area (Å²) in [6.07, 6.45) is 4.61. The van der Waals surface area contributed by atoms with Crippen LogP contribution in [0, 0.1) is 0 Å². The van der Waals surface area contributed by atoms with E-state index in [0.717, 1.165) is 32.7 Å². The molecule has 0 bridgehead atoms. The van der Waals surface area contributed by atoms with Crippen LogP contribution in [0.15, 0.2) is 18.5 Å². The smallest absolute Gasteiger partial charge is 0.315 e. The van der Waals surface area contributed by atoms with Gasteiger partial charge in [-0.2, -0.15) is 5.10 Å². The first kappa shape index (κ1) is 17.7. The highest BCUT2D eigenvalue weighted by molar-refractivity contribution is 5.74. The maximum Gasteiger partial charge on any atom is 0.315 e. The molecule has 1 aliphatic rings. The summed E-state index contributed by atoms with van der Waals surface area (Å²) in [5, 5.41) is 10.1. The van der Waals surface area contributed by atoms with Crippen molar-refractivity contribution in [2.24, 2.45) is 0 Å². The molecule has 2 rings (SSSR count). The molecule has 0 saturated carbocycles. The molecule has 1 aromatic rings. The van der Waals surface area contributed by atoms with Crippen molar-refractivity contribution in [2.45, 2.75) is 45.3 Å². The Morgan fingerprint density at radius 2 is 2.17 bits per heavy atom.